The van der Waals surface area contributed by atoms with Gasteiger partial charge in [-0.05, 0) is 18.6 Å². The molecule has 0 saturated carbocycles. The van der Waals surface area contributed by atoms with Gasteiger partial charge in [-0.1, -0.05) is 42.6 Å². The van der Waals surface area contributed by atoms with Crippen molar-refractivity contribution >= 4 is 35.1 Å². The molecule has 0 aliphatic rings. The van der Waals surface area contributed by atoms with Gasteiger partial charge < -0.3 is 9.47 Å². The maximum absolute atomic E-state index is 11.5. The average Bonchev–Trinajstić information content (AvgIpc) is 2.41. The van der Waals surface area contributed by atoms with E-state index in [0.29, 0.717) is 6.61 Å². The number of para-hydroxylation sites is 1. The minimum Gasteiger partial charge on any atom is -0.463 e. The maximum Gasteiger partial charge on any atom is 0.336 e. The molecule has 0 N–H and O–H groups in total. The number of carbonyl (C=O) groups excluding carboxylic acids is 2. The summed E-state index contributed by atoms with van der Waals surface area (Å²) >= 11 is 11.7. The van der Waals surface area contributed by atoms with Crippen LogP contribution in [-0.4, -0.2) is 18.5 Å². The number of ether oxygens (including phenoxy) is 2. The van der Waals surface area contributed by atoms with Gasteiger partial charge >= 0.3 is 11.9 Å². The smallest absolute Gasteiger partial charge is 0.336 e. The van der Waals surface area contributed by atoms with Crippen LogP contribution in [-0.2, 0) is 14.3 Å². The summed E-state index contributed by atoms with van der Waals surface area (Å²) in [6, 6.07) is 4.71. The molecule has 0 bridgehead atoms. The van der Waals surface area contributed by atoms with Crippen LogP contribution in [0.5, 0.6) is 5.75 Å². The molecule has 20 heavy (non-hydrogen) atoms. The van der Waals surface area contributed by atoms with Gasteiger partial charge in [-0.2, -0.15) is 0 Å². The summed E-state index contributed by atoms with van der Waals surface area (Å²) in [6.45, 7) is 2.31. The van der Waals surface area contributed by atoms with Crippen LogP contribution in [0.25, 0.3) is 0 Å². The van der Waals surface area contributed by atoms with E-state index in [-0.39, 0.29) is 15.8 Å². The van der Waals surface area contributed by atoms with E-state index in [9.17, 15) is 9.59 Å². The lowest BCUT2D eigenvalue weighted by molar-refractivity contribution is -0.138. The van der Waals surface area contributed by atoms with Crippen LogP contribution in [0.15, 0.2) is 30.4 Å². The molecule has 1 aromatic carbocycles. The van der Waals surface area contributed by atoms with Crippen LogP contribution in [0, 0.1) is 0 Å². The third-order valence-electron chi connectivity index (χ3n) is 2.22. The molecule has 0 aliphatic carbocycles. The normalized spacial score (nSPS) is 10.6. The van der Waals surface area contributed by atoms with E-state index < -0.39 is 11.9 Å². The molecule has 108 valence electrons. The molecule has 0 atom stereocenters. The molecular formula is C14H14Cl2O4. The molecule has 0 radical (unpaired) electrons. The van der Waals surface area contributed by atoms with Gasteiger partial charge in [0.1, 0.15) is 0 Å². The Morgan fingerprint density at radius 1 is 1.15 bits per heavy atom. The van der Waals surface area contributed by atoms with Crippen molar-refractivity contribution in [1.82, 2.24) is 0 Å². The fourth-order valence-corrected chi connectivity index (χ4v) is 1.69. The monoisotopic (exact) mass is 316 g/mol. The number of esters is 2. The van der Waals surface area contributed by atoms with Gasteiger partial charge in [-0.15, -0.1) is 0 Å². The topological polar surface area (TPSA) is 52.6 Å². The maximum atomic E-state index is 11.5. The zero-order valence-electron chi connectivity index (χ0n) is 10.9. The minimum atomic E-state index is -0.757. The van der Waals surface area contributed by atoms with E-state index in [0.717, 1.165) is 25.0 Å². The SMILES string of the molecule is CCCCOC(=O)/C=C/C(=O)Oc1c(Cl)cccc1Cl. The second-order valence-corrected chi connectivity index (χ2v) is 4.64. The van der Waals surface area contributed by atoms with E-state index in [1.54, 1.807) is 18.2 Å². The Kier molecular flexibility index (Phi) is 7.12. The molecule has 4 nitrogen and oxygen atoms in total. The highest BCUT2D eigenvalue weighted by Crippen LogP contribution is 2.32. The Labute approximate surface area is 127 Å². The van der Waals surface area contributed by atoms with Crippen molar-refractivity contribution in [2.45, 2.75) is 19.8 Å². The Morgan fingerprint density at radius 2 is 1.75 bits per heavy atom. The summed E-state index contributed by atoms with van der Waals surface area (Å²) in [4.78, 5) is 22.8. The molecule has 0 fully saturated rings. The zero-order chi connectivity index (χ0) is 15.0. The van der Waals surface area contributed by atoms with Crippen LogP contribution < -0.4 is 4.74 Å². The van der Waals surface area contributed by atoms with Crippen molar-refractivity contribution in [3.63, 3.8) is 0 Å². The van der Waals surface area contributed by atoms with Crippen LogP contribution in [0.3, 0.4) is 0 Å². The average molecular weight is 317 g/mol. The molecule has 0 heterocycles. The summed E-state index contributed by atoms with van der Waals surface area (Å²) in [5.41, 5.74) is 0. The molecule has 6 heteroatoms. The first-order valence-electron chi connectivity index (χ1n) is 6.05. The summed E-state index contributed by atoms with van der Waals surface area (Å²) in [6.07, 6.45) is 3.67. The van der Waals surface area contributed by atoms with Gasteiger partial charge in [0.15, 0.2) is 5.75 Å². The first-order chi connectivity index (χ1) is 9.54. The van der Waals surface area contributed by atoms with Gasteiger partial charge in [0, 0.05) is 12.2 Å². The number of rotatable bonds is 6. The lowest BCUT2D eigenvalue weighted by Gasteiger charge is -2.05. The van der Waals surface area contributed by atoms with Gasteiger partial charge in [-0.3, -0.25) is 0 Å². The van der Waals surface area contributed by atoms with E-state index >= 15 is 0 Å². The number of halogens is 2. The van der Waals surface area contributed by atoms with Gasteiger partial charge in [0.05, 0.1) is 16.7 Å². The number of unbranched alkanes of at least 4 members (excludes halogenated alkanes) is 1. The standard InChI is InChI=1S/C14H14Cl2O4/c1-2-3-9-19-12(17)7-8-13(18)20-14-10(15)5-4-6-11(14)16/h4-8H,2-3,9H2,1H3/b8-7+. The van der Waals surface area contributed by atoms with Crippen LogP contribution in [0.4, 0.5) is 0 Å². The minimum absolute atomic E-state index is 0.0600. The molecule has 0 unspecified atom stereocenters. The summed E-state index contributed by atoms with van der Waals surface area (Å²) < 4.78 is 9.80. The summed E-state index contributed by atoms with van der Waals surface area (Å²) in [7, 11) is 0. The molecule has 0 saturated heterocycles. The highest BCUT2D eigenvalue weighted by Gasteiger charge is 2.10. The lowest BCUT2D eigenvalue weighted by Crippen LogP contribution is -2.07. The Hall–Kier alpha value is -1.52. The zero-order valence-corrected chi connectivity index (χ0v) is 12.4. The van der Waals surface area contributed by atoms with Crippen molar-refractivity contribution < 1.29 is 19.1 Å². The Bertz CT molecular complexity index is 492. The Morgan fingerprint density at radius 3 is 2.35 bits per heavy atom. The third-order valence-corrected chi connectivity index (χ3v) is 2.81. The molecule has 0 spiro atoms. The highest BCUT2D eigenvalue weighted by molar-refractivity contribution is 6.37. The van der Waals surface area contributed by atoms with Crippen LogP contribution in [0.2, 0.25) is 10.0 Å². The van der Waals surface area contributed by atoms with Crippen molar-refractivity contribution in [1.29, 1.82) is 0 Å². The predicted octanol–water partition coefficient (Wildman–Crippen LogP) is 3.80. The predicted molar refractivity (Wildman–Crippen MR) is 77.1 cm³/mol. The van der Waals surface area contributed by atoms with E-state index in [4.69, 9.17) is 32.7 Å². The molecule has 1 rings (SSSR count). The number of benzene rings is 1. The third kappa shape index (κ3) is 5.63. The van der Waals surface area contributed by atoms with Gasteiger partial charge in [-0.25, -0.2) is 9.59 Å². The lowest BCUT2D eigenvalue weighted by atomic mass is 10.3. The second-order valence-electron chi connectivity index (χ2n) is 3.83. The van der Waals surface area contributed by atoms with Crippen LogP contribution in [0.1, 0.15) is 19.8 Å². The number of carbonyl (C=O) groups is 2. The molecule has 0 aliphatic heterocycles. The van der Waals surface area contributed by atoms with Crippen molar-refractivity contribution in [2.24, 2.45) is 0 Å². The molecule has 0 aromatic heterocycles. The molecular weight excluding hydrogens is 303 g/mol. The summed E-state index contributed by atoms with van der Waals surface area (Å²) in [5.74, 6) is -1.29. The van der Waals surface area contributed by atoms with Gasteiger partial charge in [0.25, 0.3) is 0 Å². The van der Waals surface area contributed by atoms with E-state index in [2.05, 4.69) is 0 Å². The van der Waals surface area contributed by atoms with Crippen molar-refractivity contribution in [2.75, 3.05) is 6.61 Å². The fraction of sp³-hybridized carbons (Fsp3) is 0.286. The van der Waals surface area contributed by atoms with Crippen molar-refractivity contribution in [3.05, 3.63) is 40.4 Å². The first kappa shape index (κ1) is 16.5. The number of hydrogen-bond acceptors (Lipinski definition) is 4. The summed E-state index contributed by atoms with van der Waals surface area (Å²) in [5, 5.41) is 0.426. The fourth-order valence-electron chi connectivity index (χ4n) is 1.22. The first-order valence-corrected chi connectivity index (χ1v) is 6.80. The van der Waals surface area contributed by atoms with Crippen molar-refractivity contribution in [3.8, 4) is 5.75 Å². The number of hydrogen-bond donors (Lipinski definition) is 0. The van der Waals surface area contributed by atoms with Gasteiger partial charge in [0.2, 0.25) is 0 Å². The quantitative estimate of drug-likeness (QED) is 0.347. The Balaban J connectivity index is 2.53. The second kappa shape index (κ2) is 8.61. The van der Waals surface area contributed by atoms with E-state index in [1.807, 2.05) is 6.92 Å². The van der Waals surface area contributed by atoms with E-state index in [1.165, 1.54) is 0 Å². The van der Waals surface area contributed by atoms with Crippen LogP contribution >= 0.6 is 23.2 Å². The largest absolute Gasteiger partial charge is 0.463 e. The highest BCUT2D eigenvalue weighted by atomic mass is 35.5. The molecule has 1 aromatic rings. The molecule has 0 amide bonds.